The fourth-order valence-corrected chi connectivity index (χ4v) is 3.71. The van der Waals surface area contributed by atoms with E-state index in [1.54, 1.807) is 0 Å². The van der Waals surface area contributed by atoms with E-state index in [4.69, 9.17) is 5.11 Å². The minimum Gasteiger partial charge on any atom is -0.480 e. The predicted octanol–water partition coefficient (Wildman–Crippen LogP) is 3.39. The van der Waals surface area contributed by atoms with Crippen molar-refractivity contribution in [2.24, 2.45) is 0 Å². The first-order chi connectivity index (χ1) is 11.4. The van der Waals surface area contributed by atoms with Crippen LogP contribution in [0.5, 0.6) is 0 Å². The van der Waals surface area contributed by atoms with E-state index in [0.717, 1.165) is 16.7 Å². The van der Waals surface area contributed by atoms with E-state index < -0.39 is 5.97 Å². The van der Waals surface area contributed by atoms with Gasteiger partial charge in [-0.2, -0.15) is 0 Å². The molecule has 5 nitrogen and oxygen atoms in total. The summed E-state index contributed by atoms with van der Waals surface area (Å²) in [4.78, 5) is 29.2. The number of carboxylic acids is 1. The maximum atomic E-state index is 12.9. The van der Waals surface area contributed by atoms with E-state index >= 15 is 0 Å². The van der Waals surface area contributed by atoms with Gasteiger partial charge >= 0.3 is 5.97 Å². The van der Waals surface area contributed by atoms with Gasteiger partial charge < -0.3 is 5.11 Å². The Bertz CT molecular complexity index is 1000. The zero-order valence-corrected chi connectivity index (χ0v) is 14.6. The van der Waals surface area contributed by atoms with Gasteiger partial charge in [0.25, 0.3) is 5.56 Å². The lowest BCUT2D eigenvalue weighted by atomic mass is 10.0. The number of thiophene rings is 1. The van der Waals surface area contributed by atoms with Gasteiger partial charge in [0.2, 0.25) is 0 Å². The van der Waals surface area contributed by atoms with Gasteiger partial charge in [0.1, 0.15) is 17.2 Å². The second-order valence-electron chi connectivity index (χ2n) is 5.80. The minimum atomic E-state index is -1.05. The average molecular weight is 342 g/mol. The van der Waals surface area contributed by atoms with Gasteiger partial charge in [-0.05, 0) is 30.5 Å². The molecule has 0 aliphatic carbocycles. The van der Waals surface area contributed by atoms with Gasteiger partial charge in [-0.15, -0.1) is 11.3 Å². The van der Waals surface area contributed by atoms with E-state index in [1.807, 2.05) is 44.4 Å². The molecule has 3 aromatic rings. The van der Waals surface area contributed by atoms with Crippen molar-refractivity contribution in [3.63, 3.8) is 0 Å². The number of carboxylic acid groups (broad SMARTS) is 1. The van der Waals surface area contributed by atoms with Crippen molar-refractivity contribution >= 4 is 27.5 Å². The summed E-state index contributed by atoms with van der Waals surface area (Å²) in [7, 11) is 0. The monoisotopic (exact) mass is 342 g/mol. The molecule has 0 saturated heterocycles. The second-order valence-corrected chi connectivity index (χ2v) is 6.65. The summed E-state index contributed by atoms with van der Waals surface area (Å²) >= 11 is 1.42. The maximum Gasteiger partial charge on any atom is 0.323 e. The Morgan fingerprint density at radius 3 is 2.67 bits per heavy atom. The highest BCUT2D eigenvalue weighted by Crippen LogP contribution is 2.32. The molecular formula is C18H18N2O3S. The van der Waals surface area contributed by atoms with Crippen molar-refractivity contribution in [1.29, 1.82) is 0 Å². The summed E-state index contributed by atoms with van der Waals surface area (Å²) in [6.07, 6.45) is 0.509. The second kappa shape index (κ2) is 6.20. The fraction of sp³-hybridized carbons (Fsp3) is 0.278. The molecule has 0 spiro atoms. The third kappa shape index (κ3) is 2.73. The number of aromatic nitrogens is 2. The number of nitrogens with zero attached hydrogens (tertiary/aromatic N) is 2. The van der Waals surface area contributed by atoms with Crippen LogP contribution in [0, 0.1) is 13.8 Å². The summed E-state index contributed by atoms with van der Waals surface area (Å²) in [6.45, 7) is 5.57. The summed E-state index contributed by atoms with van der Waals surface area (Å²) < 4.78 is 1.27. The van der Waals surface area contributed by atoms with Gasteiger partial charge in [0.05, 0.1) is 5.39 Å². The third-order valence-corrected chi connectivity index (χ3v) is 5.07. The molecule has 0 fully saturated rings. The van der Waals surface area contributed by atoms with E-state index in [-0.39, 0.29) is 12.1 Å². The molecule has 24 heavy (non-hydrogen) atoms. The molecule has 0 unspecified atom stereocenters. The third-order valence-electron chi connectivity index (χ3n) is 4.20. The molecule has 0 bridgehead atoms. The number of hydrogen-bond donors (Lipinski definition) is 1. The number of rotatable bonds is 4. The van der Waals surface area contributed by atoms with Gasteiger partial charge in [-0.1, -0.05) is 25.1 Å². The normalized spacial score (nSPS) is 11.1. The zero-order valence-electron chi connectivity index (χ0n) is 13.8. The summed E-state index contributed by atoms with van der Waals surface area (Å²) in [5.74, 6) is -0.542. The zero-order chi connectivity index (χ0) is 17.4. The van der Waals surface area contributed by atoms with Gasteiger partial charge in [0, 0.05) is 17.4 Å². The topological polar surface area (TPSA) is 72.2 Å². The Hall–Kier alpha value is -2.47. The summed E-state index contributed by atoms with van der Waals surface area (Å²) in [6, 6.07) is 6.06. The lowest BCUT2D eigenvalue weighted by Gasteiger charge is -2.10. The largest absolute Gasteiger partial charge is 0.480 e. The summed E-state index contributed by atoms with van der Waals surface area (Å²) in [5, 5.41) is 11.5. The van der Waals surface area contributed by atoms with Crippen LogP contribution in [0.25, 0.3) is 21.3 Å². The predicted molar refractivity (Wildman–Crippen MR) is 95.8 cm³/mol. The molecule has 0 radical (unpaired) electrons. The molecule has 2 aromatic heterocycles. The Morgan fingerprint density at radius 1 is 1.29 bits per heavy atom. The first kappa shape index (κ1) is 16.4. The molecule has 0 saturated carbocycles. The van der Waals surface area contributed by atoms with Crippen molar-refractivity contribution in [2.45, 2.75) is 33.7 Å². The number of fused-ring (bicyclic) bond motifs is 1. The van der Waals surface area contributed by atoms with Crippen molar-refractivity contribution in [1.82, 2.24) is 9.55 Å². The highest BCUT2D eigenvalue weighted by atomic mass is 32.1. The lowest BCUT2D eigenvalue weighted by molar-refractivity contribution is -0.137. The summed E-state index contributed by atoms with van der Waals surface area (Å²) in [5.41, 5.74) is 3.82. The van der Waals surface area contributed by atoms with E-state index in [2.05, 4.69) is 4.98 Å². The molecule has 0 aliphatic rings. The Kier molecular flexibility index (Phi) is 4.24. The van der Waals surface area contributed by atoms with Crippen molar-refractivity contribution < 1.29 is 9.90 Å². The van der Waals surface area contributed by atoms with E-state index in [0.29, 0.717) is 22.5 Å². The molecule has 2 heterocycles. The molecule has 0 atom stereocenters. The molecule has 1 aromatic carbocycles. The van der Waals surface area contributed by atoms with Gasteiger partial charge in [-0.25, -0.2) is 4.98 Å². The van der Waals surface area contributed by atoms with Gasteiger partial charge in [0.15, 0.2) is 0 Å². The molecule has 0 aliphatic heterocycles. The van der Waals surface area contributed by atoms with Crippen LogP contribution in [0.15, 0.2) is 28.4 Å². The Morgan fingerprint density at radius 2 is 2.04 bits per heavy atom. The van der Waals surface area contributed by atoms with Crippen LogP contribution < -0.4 is 5.56 Å². The van der Waals surface area contributed by atoms with Crippen LogP contribution >= 0.6 is 11.3 Å². The molecule has 124 valence electrons. The van der Waals surface area contributed by atoms with E-state index in [9.17, 15) is 9.59 Å². The average Bonchev–Trinajstić information content (AvgIpc) is 2.96. The first-order valence-corrected chi connectivity index (χ1v) is 8.60. The number of aliphatic carboxylic acids is 1. The Labute approximate surface area is 143 Å². The molecule has 0 amide bonds. The Balaban J connectivity index is 2.29. The van der Waals surface area contributed by atoms with Gasteiger partial charge in [-0.3, -0.25) is 14.2 Å². The van der Waals surface area contributed by atoms with Crippen molar-refractivity contribution in [2.75, 3.05) is 0 Å². The molecule has 3 rings (SSSR count). The van der Waals surface area contributed by atoms with Crippen molar-refractivity contribution in [3.8, 4) is 11.1 Å². The van der Waals surface area contributed by atoms with Crippen molar-refractivity contribution in [3.05, 3.63) is 50.9 Å². The lowest BCUT2D eigenvalue weighted by Crippen LogP contribution is -2.28. The first-order valence-electron chi connectivity index (χ1n) is 7.72. The van der Waals surface area contributed by atoms with Crippen LogP contribution in [0.1, 0.15) is 23.9 Å². The van der Waals surface area contributed by atoms with Crippen LogP contribution in [0.2, 0.25) is 0 Å². The molecule has 1 N–H and O–H groups in total. The molecule has 6 heteroatoms. The fourth-order valence-electron chi connectivity index (χ4n) is 2.76. The van der Waals surface area contributed by atoms with E-state index in [1.165, 1.54) is 21.5 Å². The minimum absolute atomic E-state index is 0.284. The number of benzene rings is 1. The standard InChI is InChI=1S/C18H18N2O3S/c1-4-14-19-17-16(18(23)20(14)8-15(21)22)13(9-24-17)12-6-5-10(2)11(3)7-12/h5-7,9H,4,8H2,1-3H3,(H,21,22). The SMILES string of the molecule is CCc1nc2scc(-c3ccc(C)c(C)c3)c2c(=O)n1CC(=O)O. The smallest absolute Gasteiger partial charge is 0.323 e. The van der Waals surface area contributed by atoms with Crippen LogP contribution in [-0.4, -0.2) is 20.6 Å². The maximum absolute atomic E-state index is 12.9. The quantitative estimate of drug-likeness (QED) is 0.789. The van der Waals surface area contributed by atoms with Crippen LogP contribution in [-0.2, 0) is 17.8 Å². The number of hydrogen-bond acceptors (Lipinski definition) is 4. The van der Waals surface area contributed by atoms with Crippen LogP contribution in [0.4, 0.5) is 0 Å². The highest BCUT2D eigenvalue weighted by molar-refractivity contribution is 7.17. The number of carbonyl (C=O) groups is 1. The molecular weight excluding hydrogens is 324 g/mol. The number of aryl methyl sites for hydroxylation is 3. The van der Waals surface area contributed by atoms with Crippen LogP contribution in [0.3, 0.4) is 0 Å². The highest BCUT2D eigenvalue weighted by Gasteiger charge is 2.17.